The molecule has 2 heteroatoms. The first-order valence-corrected chi connectivity index (χ1v) is 8.50. The lowest BCUT2D eigenvalue weighted by atomic mass is 9.80. The Kier molecular flexibility index (Phi) is 4.26. The normalized spacial score (nSPS) is 25.6. The minimum Gasteiger partial charge on any atom is -0.496 e. The molecule has 2 atom stereocenters. The molecule has 2 aliphatic rings. The second-order valence-corrected chi connectivity index (χ2v) is 7.35. The zero-order valence-electron chi connectivity index (χ0n) is 14.0. The van der Waals surface area contributed by atoms with Crippen molar-refractivity contribution >= 4 is 0 Å². The maximum atomic E-state index is 5.49. The molecule has 0 amide bonds. The highest BCUT2D eigenvalue weighted by Crippen LogP contribution is 2.41. The van der Waals surface area contributed by atoms with E-state index in [9.17, 15) is 0 Å². The Bertz CT molecular complexity index is 509. The number of nitrogens with zero attached hydrogens (tertiary/aromatic N) is 1. The highest BCUT2D eigenvalue weighted by molar-refractivity contribution is 5.44. The summed E-state index contributed by atoms with van der Waals surface area (Å²) in [4.78, 5) is 2.74. The Morgan fingerprint density at radius 3 is 2.81 bits per heavy atom. The van der Waals surface area contributed by atoms with Crippen molar-refractivity contribution in [2.75, 3.05) is 20.2 Å². The summed E-state index contributed by atoms with van der Waals surface area (Å²) in [6, 6.07) is 5.32. The molecule has 1 aromatic rings. The van der Waals surface area contributed by atoms with Gasteiger partial charge < -0.3 is 4.74 Å². The van der Waals surface area contributed by atoms with Gasteiger partial charge in [0.15, 0.2) is 0 Å². The Hall–Kier alpha value is -1.02. The fourth-order valence-corrected chi connectivity index (χ4v) is 4.35. The summed E-state index contributed by atoms with van der Waals surface area (Å²) in [6.45, 7) is 9.40. The molecule has 0 bridgehead atoms. The topological polar surface area (TPSA) is 12.5 Å². The lowest BCUT2D eigenvalue weighted by Crippen LogP contribution is -2.42. The molecule has 2 heterocycles. The molecule has 0 aromatic heterocycles. The maximum Gasteiger partial charge on any atom is 0.122 e. The number of hydrogen-bond donors (Lipinski definition) is 0. The fourth-order valence-electron chi connectivity index (χ4n) is 4.35. The number of methoxy groups -OCH3 is 1. The maximum absolute atomic E-state index is 5.49. The number of ether oxygens (including phenoxy) is 1. The Morgan fingerprint density at radius 2 is 2.10 bits per heavy atom. The van der Waals surface area contributed by atoms with Crippen LogP contribution >= 0.6 is 0 Å². The van der Waals surface area contributed by atoms with Crippen molar-refractivity contribution in [3.05, 3.63) is 28.8 Å². The van der Waals surface area contributed by atoms with Gasteiger partial charge in [-0.05, 0) is 67.2 Å². The predicted octanol–water partition coefficient (Wildman–Crippen LogP) is 4.36. The van der Waals surface area contributed by atoms with Crippen LogP contribution in [-0.4, -0.2) is 25.1 Å². The van der Waals surface area contributed by atoms with Crippen LogP contribution in [0.5, 0.6) is 5.75 Å². The minimum atomic E-state index is 0.654. The number of hydrogen-bond acceptors (Lipinski definition) is 2. The van der Waals surface area contributed by atoms with Crippen molar-refractivity contribution in [2.45, 2.75) is 52.5 Å². The van der Waals surface area contributed by atoms with E-state index in [4.69, 9.17) is 4.74 Å². The summed E-state index contributed by atoms with van der Waals surface area (Å²) in [5.41, 5.74) is 4.37. The van der Waals surface area contributed by atoms with Crippen LogP contribution in [0.2, 0.25) is 0 Å². The monoisotopic (exact) mass is 287 g/mol. The minimum absolute atomic E-state index is 0.654. The largest absolute Gasteiger partial charge is 0.496 e. The van der Waals surface area contributed by atoms with Crippen LogP contribution in [0, 0.1) is 18.8 Å². The van der Waals surface area contributed by atoms with Crippen molar-refractivity contribution < 1.29 is 4.74 Å². The quantitative estimate of drug-likeness (QED) is 0.819. The van der Waals surface area contributed by atoms with Crippen molar-refractivity contribution in [1.29, 1.82) is 0 Å². The molecule has 116 valence electrons. The van der Waals surface area contributed by atoms with Gasteiger partial charge in [0.25, 0.3) is 0 Å². The summed E-state index contributed by atoms with van der Waals surface area (Å²) in [6.07, 6.45) is 5.29. The Morgan fingerprint density at radius 1 is 1.29 bits per heavy atom. The van der Waals surface area contributed by atoms with Crippen molar-refractivity contribution in [2.24, 2.45) is 11.8 Å². The van der Waals surface area contributed by atoms with Gasteiger partial charge in [0.1, 0.15) is 5.75 Å². The summed E-state index contributed by atoms with van der Waals surface area (Å²) in [5.74, 6) is 2.79. The number of rotatable bonds is 3. The van der Waals surface area contributed by atoms with E-state index in [1.54, 1.807) is 12.7 Å². The molecule has 2 unspecified atom stereocenters. The number of piperidine rings is 1. The van der Waals surface area contributed by atoms with Crippen LogP contribution in [0.3, 0.4) is 0 Å². The highest BCUT2D eigenvalue weighted by Gasteiger charge is 2.33. The van der Waals surface area contributed by atoms with Gasteiger partial charge in [0.2, 0.25) is 0 Å². The first-order chi connectivity index (χ1) is 10.1. The third-order valence-corrected chi connectivity index (χ3v) is 5.27. The smallest absolute Gasteiger partial charge is 0.122 e. The van der Waals surface area contributed by atoms with Gasteiger partial charge in [-0.1, -0.05) is 19.9 Å². The summed E-state index contributed by atoms with van der Waals surface area (Å²) in [5, 5.41) is 0. The first kappa shape index (κ1) is 14.9. The molecule has 1 saturated heterocycles. The predicted molar refractivity (Wildman–Crippen MR) is 87.9 cm³/mol. The second kappa shape index (κ2) is 6.00. The van der Waals surface area contributed by atoms with E-state index < -0.39 is 0 Å². The van der Waals surface area contributed by atoms with Gasteiger partial charge in [-0.2, -0.15) is 0 Å². The van der Waals surface area contributed by atoms with E-state index >= 15 is 0 Å². The Labute approximate surface area is 129 Å². The van der Waals surface area contributed by atoms with Gasteiger partial charge in [-0.15, -0.1) is 0 Å². The molecule has 0 saturated carbocycles. The first-order valence-electron chi connectivity index (χ1n) is 8.50. The molecular formula is C19H29NO. The molecule has 1 fully saturated rings. The van der Waals surface area contributed by atoms with Gasteiger partial charge in [0.05, 0.1) is 7.11 Å². The number of fused-ring (bicyclic) bond motifs is 3. The van der Waals surface area contributed by atoms with Crippen molar-refractivity contribution in [3.63, 3.8) is 0 Å². The third-order valence-electron chi connectivity index (χ3n) is 5.27. The fraction of sp³-hybridized carbons (Fsp3) is 0.684. The molecule has 0 spiro atoms. The van der Waals surface area contributed by atoms with Gasteiger partial charge in [-0.25, -0.2) is 0 Å². The van der Waals surface area contributed by atoms with E-state index in [0.717, 1.165) is 17.6 Å². The molecule has 2 aliphatic heterocycles. The molecule has 0 radical (unpaired) electrons. The number of benzene rings is 1. The molecule has 2 nitrogen and oxygen atoms in total. The summed E-state index contributed by atoms with van der Waals surface area (Å²) in [7, 11) is 1.78. The van der Waals surface area contributed by atoms with Crippen LogP contribution in [0.1, 0.15) is 55.8 Å². The molecule has 1 aromatic carbocycles. The molecule has 0 N–H and O–H groups in total. The van der Waals surface area contributed by atoms with E-state index in [1.165, 1.54) is 49.9 Å². The molecular weight excluding hydrogens is 258 g/mol. The average Bonchev–Trinajstić information content (AvgIpc) is 2.45. The van der Waals surface area contributed by atoms with Gasteiger partial charge in [-0.3, -0.25) is 4.90 Å². The standard InChI is InChI=1S/C19H29NO/c1-13(2)9-15-5-6-18-17-10-14(3)19(21-4)11-16(17)7-8-20(18)12-15/h10-11,13,15,18H,5-9,12H2,1-4H3. The third kappa shape index (κ3) is 2.96. The molecule has 3 rings (SSSR count). The van der Waals surface area contributed by atoms with Crippen LogP contribution in [0.25, 0.3) is 0 Å². The average molecular weight is 287 g/mol. The van der Waals surface area contributed by atoms with E-state index in [1.807, 2.05) is 0 Å². The highest BCUT2D eigenvalue weighted by atomic mass is 16.5. The molecule has 21 heavy (non-hydrogen) atoms. The van der Waals surface area contributed by atoms with Crippen LogP contribution in [0.4, 0.5) is 0 Å². The second-order valence-electron chi connectivity index (χ2n) is 7.35. The lowest BCUT2D eigenvalue weighted by molar-refractivity contribution is 0.0895. The SMILES string of the molecule is COc1cc2c(cc1C)C1CCC(CC(C)C)CN1CC2. The summed E-state index contributed by atoms with van der Waals surface area (Å²) >= 11 is 0. The van der Waals surface area contributed by atoms with E-state index in [-0.39, 0.29) is 0 Å². The molecule has 0 aliphatic carbocycles. The van der Waals surface area contributed by atoms with E-state index in [0.29, 0.717) is 6.04 Å². The van der Waals surface area contributed by atoms with Crippen molar-refractivity contribution in [3.8, 4) is 5.75 Å². The van der Waals surface area contributed by atoms with Crippen LogP contribution in [-0.2, 0) is 6.42 Å². The summed E-state index contributed by atoms with van der Waals surface area (Å²) < 4.78 is 5.49. The lowest BCUT2D eigenvalue weighted by Gasteiger charge is -2.44. The van der Waals surface area contributed by atoms with E-state index in [2.05, 4.69) is 37.8 Å². The van der Waals surface area contributed by atoms with Crippen LogP contribution in [0.15, 0.2) is 12.1 Å². The van der Waals surface area contributed by atoms with Gasteiger partial charge in [0, 0.05) is 19.1 Å². The van der Waals surface area contributed by atoms with Gasteiger partial charge >= 0.3 is 0 Å². The Balaban J connectivity index is 1.80. The zero-order chi connectivity index (χ0) is 15.0. The van der Waals surface area contributed by atoms with Crippen molar-refractivity contribution in [1.82, 2.24) is 4.90 Å². The number of aryl methyl sites for hydroxylation is 1. The van der Waals surface area contributed by atoms with Crippen LogP contribution < -0.4 is 4.74 Å². The zero-order valence-corrected chi connectivity index (χ0v) is 14.0.